The normalized spacial score (nSPS) is 11.2. The number of nitrogens with zero attached hydrogens (tertiary/aromatic N) is 6. The first-order valence-corrected chi connectivity index (χ1v) is 10.7. The third-order valence-electron chi connectivity index (χ3n) is 4.76. The van der Waals surface area contributed by atoms with Gasteiger partial charge in [-0.3, -0.25) is 10.1 Å². The van der Waals surface area contributed by atoms with E-state index in [4.69, 9.17) is 4.84 Å². The number of nitro benzene ring substituents is 1. The van der Waals surface area contributed by atoms with Crippen LogP contribution >= 0.6 is 11.3 Å². The van der Waals surface area contributed by atoms with E-state index in [9.17, 15) is 25.1 Å². The molecule has 0 spiro atoms. The van der Waals surface area contributed by atoms with Crippen LogP contribution in [0.15, 0.2) is 64.8 Å². The number of benzene rings is 2. The van der Waals surface area contributed by atoms with Crippen LogP contribution in [0.2, 0.25) is 0 Å². The van der Waals surface area contributed by atoms with Crippen molar-refractivity contribution in [1.29, 1.82) is 0 Å². The van der Waals surface area contributed by atoms with Crippen molar-refractivity contribution < 1.29 is 24.8 Å². The van der Waals surface area contributed by atoms with Crippen LogP contribution in [-0.4, -0.2) is 44.4 Å². The summed E-state index contributed by atoms with van der Waals surface area (Å²) in [6.45, 7) is 0.334. The average Bonchev–Trinajstić information content (AvgIpc) is 3.38. The Balaban J connectivity index is 1.34. The SMILES string of the molecule is CN(CCC(=O)On1c(O)ccc1O)c1ccc(N=Nc2nc3ccc([N+](=O)[O-])cc3s2)cc1. The highest BCUT2D eigenvalue weighted by Crippen LogP contribution is 2.32. The first-order valence-electron chi connectivity index (χ1n) is 9.89. The van der Waals surface area contributed by atoms with Crippen molar-refractivity contribution in [3.05, 3.63) is 64.7 Å². The lowest BCUT2D eigenvalue weighted by molar-refractivity contribution is -0.384. The summed E-state index contributed by atoms with van der Waals surface area (Å²) >= 11 is 1.21. The van der Waals surface area contributed by atoms with E-state index in [1.807, 2.05) is 17.0 Å². The predicted molar refractivity (Wildman–Crippen MR) is 124 cm³/mol. The molecular weight excluding hydrogens is 464 g/mol. The molecule has 12 nitrogen and oxygen atoms in total. The number of azo groups is 1. The Morgan fingerprint density at radius 3 is 2.53 bits per heavy atom. The molecule has 0 radical (unpaired) electrons. The summed E-state index contributed by atoms with van der Waals surface area (Å²) in [5.74, 6) is -1.38. The van der Waals surface area contributed by atoms with E-state index in [0.29, 0.717) is 32.3 Å². The van der Waals surface area contributed by atoms with Crippen LogP contribution in [-0.2, 0) is 4.79 Å². The summed E-state index contributed by atoms with van der Waals surface area (Å²) in [4.78, 5) is 33.5. The van der Waals surface area contributed by atoms with Gasteiger partial charge in [0.2, 0.25) is 16.9 Å². The zero-order chi connectivity index (χ0) is 24.2. The summed E-state index contributed by atoms with van der Waals surface area (Å²) in [5, 5.41) is 38.6. The fourth-order valence-electron chi connectivity index (χ4n) is 2.96. The second-order valence-electron chi connectivity index (χ2n) is 7.10. The third-order valence-corrected chi connectivity index (χ3v) is 5.66. The highest BCUT2D eigenvalue weighted by Gasteiger charge is 2.13. The molecule has 174 valence electrons. The van der Waals surface area contributed by atoms with Crippen LogP contribution in [0.3, 0.4) is 0 Å². The number of thiazole rings is 1. The first kappa shape index (κ1) is 22.7. The molecule has 2 aromatic carbocycles. The van der Waals surface area contributed by atoms with Crippen LogP contribution < -0.4 is 9.74 Å². The number of aromatic hydroxyl groups is 2. The van der Waals surface area contributed by atoms with E-state index in [2.05, 4.69) is 15.2 Å². The summed E-state index contributed by atoms with van der Waals surface area (Å²) < 4.78 is 1.30. The van der Waals surface area contributed by atoms with Gasteiger partial charge in [-0.2, -0.15) is 0 Å². The molecule has 0 amide bonds. The molecule has 4 rings (SSSR count). The standard InChI is InChI=1S/C21H18N6O6S/c1-25(11-10-20(30)33-26-18(28)8-9-19(26)29)14-4-2-13(3-5-14)23-24-21-22-16-7-6-15(27(31)32)12-17(16)34-21/h2-9,12,28-29H,10-11H2,1H3. The van der Waals surface area contributed by atoms with E-state index >= 15 is 0 Å². The molecule has 13 heteroatoms. The zero-order valence-electron chi connectivity index (χ0n) is 17.7. The lowest BCUT2D eigenvalue weighted by atomic mass is 10.2. The molecule has 4 aromatic rings. The second-order valence-corrected chi connectivity index (χ2v) is 8.11. The van der Waals surface area contributed by atoms with E-state index in [1.54, 1.807) is 25.2 Å². The first-order chi connectivity index (χ1) is 16.3. The zero-order valence-corrected chi connectivity index (χ0v) is 18.5. The van der Waals surface area contributed by atoms with Crippen LogP contribution in [0.25, 0.3) is 10.2 Å². The molecule has 0 unspecified atom stereocenters. The van der Waals surface area contributed by atoms with Gasteiger partial charge in [-0.1, -0.05) is 11.3 Å². The van der Waals surface area contributed by atoms with Gasteiger partial charge in [0.1, 0.15) is 0 Å². The maximum absolute atomic E-state index is 12.0. The Hall–Kier alpha value is -4.52. The maximum Gasteiger partial charge on any atom is 0.335 e. The van der Waals surface area contributed by atoms with Crippen molar-refractivity contribution in [3.63, 3.8) is 0 Å². The number of aromatic nitrogens is 2. The van der Waals surface area contributed by atoms with Gasteiger partial charge in [-0.25, -0.2) is 9.78 Å². The molecule has 0 aliphatic rings. The number of fused-ring (bicyclic) bond motifs is 1. The molecule has 0 saturated carbocycles. The molecule has 34 heavy (non-hydrogen) atoms. The summed E-state index contributed by atoms with van der Waals surface area (Å²) in [6, 6.07) is 14.0. The number of anilines is 1. The largest absolute Gasteiger partial charge is 0.492 e. The van der Waals surface area contributed by atoms with E-state index in [1.165, 1.54) is 35.6 Å². The summed E-state index contributed by atoms with van der Waals surface area (Å²) in [7, 11) is 1.80. The quantitative estimate of drug-likeness (QED) is 0.214. The fraction of sp³-hybridized carbons (Fsp3) is 0.143. The van der Waals surface area contributed by atoms with Gasteiger partial charge in [-0.15, -0.1) is 15.0 Å². The van der Waals surface area contributed by atoms with Gasteiger partial charge in [0.25, 0.3) is 5.69 Å². The van der Waals surface area contributed by atoms with Crippen LogP contribution in [0.5, 0.6) is 11.8 Å². The Morgan fingerprint density at radius 2 is 1.85 bits per heavy atom. The Kier molecular flexibility index (Phi) is 6.36. The monoisotopic (exact) mass is 482 g/mol. The molecule has 2 aromatic heterocycles. The predicted octanol–water partition coefficient (Wildman–Crippen LogP) is 4.31. The van der Waals surface area contributed by atoms with Crippen molar-refractivity contribution in [3.8, 4) is 11.8 Å². The molecule has 2 heterocycles. The number of carbonyl (C=O) groups is 1. The third kappa shape index (κ3) is 5.10. The highest BCUT2D eigenvalue weighted by atomic mass is 32.1. The molecular formula is C21H18N6O6S. The minimum atomic E-state index is -0.625. The number of rotatable bonds is 8. The Labute approximate surface area is 196 Å². The topological polar surface area (TPSA) is 156 Å². The summed E-state index contributed by atoms with van der Waals surface area (Å²) in [6.07, 6.45) is 0.0186. The van der Waals surface area contributed by atoms with Crippen LogP contribution in [0.4, 0.5) is 22.2 Å². The number of carbonyl (C=O) groups excluding carboxylic acids is 1. The molecule has 0 atom stereocenters. The van der Waals surface area contributed by atoms with Crippen molar-refractivity contribution >= 4 is 49.7 Å². The Morgan fingerprint density at radius 1 is 1.15 bits per heavy atom. The number of nitro groups is 1. The van der Waals surface area contributed by atoms with Gasteiger partial charge in [0, 0.05) is 43.5 Å². The smallest absolute Gasteiger partial charge is 0.335 e. The second kappa shape index (κ2) is 9.54. The van der Waals surface area contributed by atoms with Gasteiger partial charge < -0.3 is 20.0 Å². The minimum Gasteiger partial charge on any atom is -0.492 e. The van der Waals surface area contributed by atoms with Crippen molar-refractivity contribution in [2.75, 3.05) is 18.5 Å². The molecule has 2 N–H and O–H groups in total. The fourth-order valence-corrected chi connectivity index (χ4v) is 3.78. The Bertz CT molecular complexity index is 1360. The van der Waals surface area contributed by atoms with Crippen molar-refractivity contribution in [2.45, 2.75) is 6.42 Å². The van der Waals surface area contributed by atoms with Crippen LogP contribution in [0.1, 0.15) is 6.42 Å². The molecule has 0 saturated heterocycles. The number of hydrogen-bond acceptors (Lipinski definition) is 11. The van der Waals surface area contributed by atoms with Gasteiger partial charge >= 0.3 is 5.97 Å². The lowest BCUT2D eigenvalue weighted by Gasteiger charge is -2.18. The minimum absolute atomic E-state index is 0.00590. The van der Waals surface area contributed by atoms with E-state index in [-0.39, 0.29) is 23.9 Å². The lowest BCUT2D eigenvalue weighted by Crippen LogP contribution is -2.26. The average molecular weight is 482 g/mol. The van der Waals surface area contributed by atoms with Gasteiger partial charge in [-0.05, 0) is 30.3 Å². The highest BCUT2D eigenvalue weighted by molar-refractivity contribution is 7.21. The molecule has 0 aliphatic carbocycles. The molecule has 0 fully saturated rings. The van der Waals surface area contributed by atoms with Crippen molar-refractivity contribution in [1.82, 2.24) is 9.71 Å². The van der Waals surface area contributed by atoms with Crippen molar-refractivity contribution in [2.24, 2.45) is 10.2 Å². The van der Waals surface area contributed by atoms with Gasteiger partial charge in [0.05, 0.1) is 27.2 Å². The van der Waals surface area contributed by atoms with Crippen LogP contribution in [0, 0.1) is 10.1 Å². The molecule has 0 bridgehead atoms. The number of non-ortho nitro benzene ring substituents is 1. The van der Waals surface area contributed by atoms with E-state index in [0.717, 1.165) is 5.69 Å². The number of hydrogen-bond donors (Lipinski definition) is 2. The van der Waals surface area contributed by atoms with E-state index < -0.39 is 10.9 Å². The maximum atomic E-state index is 12.0. The summed E-state index contributed by atoms with van der Waals surface area (Å²) in [5.41, 5.74) is 2.02. The molecule has 0 aliphatic heterocycles. The van der Waals surface area contributed by atoms with Gasteiger partial charge in [0.15, 0.2) is 0 Å².